The maximum absolute atomic E-state index is 13.4. The molecule has 0 saturated carbocycles. The van der Waals surface area contributed by atoms with Crippen LogP contribution in [0.5, 0.6) is 0 Å². The predicted molar refractivity (Wildman–Crippen MR) is 71.0 cm³/mol. The molecule has 106 valence electrons. The summed E-state index contributed by atoms with van der Waals surface area (Å²) in [6.45, 7) is 1.41. The third-order valence-electron chi connectivity index (χ3n) is 3.02. The molecule has 1 N–H and O–H groups in total. The monoisotopic (exact) mass is 300 g/mol. The van der Waals surface area contributed by atoms with Gasteiger partial charge in [0.2, 0.25) is 0 Å². The molecule has 0 fully saturated rings. The van der Waals surface area contributed by atoms with E-state index in [-0.39, 0.29) is 17.0 Å². The van der Waals surface area contributed by atoms with E-state index in [0.717, 1.165) is 18.2 Å². The molecule has 1 unspecified atom stereocenters. The zero-order valence-electron chi connectivity index (χ0n) is 10.6. The largest absolute Gasteiger partial charge is 0.385 e. The van der Waals surface area contributed by atoms with Crippen LogP contribution < -0.4 is 0 Å². The van der Waals surface area contributed by atoms with Crippen LogP contribution in [0.25, 0.3) is 0 Å². The minimum atomic E-state index is -1.52. The van der Waals surface area contributed by atoms with E-state index >= 15 is 0 Å². The molecule has 20 heavy (non-hydrogen) atoms. The molecule has 0 amide bonds. The molecule has 0 heterocycles. The van der Waals surface area contributed by atoms with Gasteiger partial charge in [0.15, 0.2) is 0 Å². The van der Waals surface area contributed by atoms with E-state index in [9.17, 15) is 18.3 Å². The molecule has 0 aliphatic carbocycles. The first-order chi connectivity index (χ1) is 9.28. The number of hydrogen-bond donors (Lipinski definition) is 1. The van der Waals surface area contributed by atoms with Crippen LogP contribution >= 0.6 is 11.6 Å². The Hall–Kier alpha value is -1.52. The molecule has 5 heteroatoms. The van der Waals surface area contributed by atoms with Gasteiger partial charge in [-0.15, -0.1) is 0 Å². The summed E-state index contributed by atoms with van der Waals surface area (Å²) in [6.07, 6.45) is 0.00395. The zero-order valence-corrected chi connectivity index (χ0v) is 11.4. The fourth-order valence-electron chi connectivity index (χ4n) is 2.01. The Labute approximate surface area is 119 Å². The predicted octanol–water partition coefficient (Wildman–Crippen LogP) is 4.21. The van der Waals surface area contributed by atoms with Crippen LogP contribution in [0.1, 0.15) is 18.1 Å². The van der Waals surface area contributed by atoms with E-state index in [4.69, 9.17) is 11.6 Å². The number of rotatable bonds is 3. The highest BCUT2D eigenvalue weighted by molar-refractivity contribution is 6.30. The van der Waals surface area contributed by atoms with Crippen molar-refractivity contribution in [2.75, 3.05) is 0 Å². The molecular weight excluding hydrogens is 289 g/mol. The second-order valence-electron chi connectivity index (χ2n) is 4.86. The van der Waals surface area contributed by atoms with Crippen molar-refractivity contribution in [2.45, 2.75) is 18.9 Å². The average Bonchev–Trinajstić information content (AvgIpc) is 2.32. The van der Waals surface area contributed by atoms with Crippen molar-refractivity contribution in [1.82, 2.24) is 0 Å². The fourth-order valence-corrected chi connectivity index (χ4v) is 2.13. The normalized spacial score (nSPS) is 14.1. The highest BCUT2D eigenvalue weighted by Crippen LogP contribution is 2.28. The van der Waals surface area contributed by atoms with Crippen LogP contribution in [0.4, 0.5) is 13.2 Å². The van der Waals surface area contributed by atoms with Gasteiger partial charge in [-0.25, -0.2) is 13.2 Å². The smallest absolute Gasteiger partial charge is 0.142 e. The summed E-state index contributed by atoms with van der Waals surface area (Å²) in [5, 5.41) is 10.3. The Bertz CT molecular complexity index is 621. The molecule has 0 spiro atoms. The van der Waals surface area contributed by atoms with Gasteiger partial charge in [-0.2, -0.15) is 0 Å². The van der Waals surface area contributed by atoms with Crippen molar-refractivity contribution in [2.24, 2.45) is 0 Å². The minimum Gasteiger partial charge on any atom is -0.385 e. The van der Waals surface area contributed by atoms with Gasteiger partial charge in [0.05, 0.1) is 10.6 Å². The fraction of sp³-hybridized carbons (Fsp3) is 0.200. The molecule has 1 nitrogen and oxygen atoms in total. The number of benzene rings is 2. The summed E-state index contributed by atoms with van der Waals surface area (Å²) in [5.74, 6) is -2.16. The third kappa shape index (κ3) is 3.32. The van der Waals surface area contributed by atoms with E-state index in [0.29, 0.717) is 5.56 Å². The van der Waals surface area contributed by atoms with Gasteiger partial charge in [0, 0.05) is 12.5 Å². The second-order valence-corrected chi connectivity index (χ2v) is 5.26. The molecule has 0 aliphatic rings. The van der Waals surface area contributed by atoms with Gasteiger partial charge in [-0.3, -0.25) is 0 Å². The maximum atomic E-state index is 13.4. The van der Waals surface area contributed by atoms with Crippen molar-refractivity contribution < 1.29 is 18.3 Å². The van der Waals surface area contributed by atoms with Gasteiger partial charge >= 0.3 is 0 Å². The SMILES string of the molecule is CC(O)(Cc1ccc(Cl)c(F)c1)c1cc(F)cc(F)c1. The van der Waals surface area contributed by atoms with Crippen LogP contribution in [0.3, 0.4) is 0 Å². The molecule has 0 radical (unpaired) electrons. The first-order valence-corrected chi connectivity index (χ1v) is 6.28. The highest BCUT2D eigenvalue weighted by atomic mass is 35.5. The number of aliphatic hydroxyl groups is 1. The van der Waals surface area contributed by atoms with E-state index in [1.165, 1.54) is 19.1 Å². The standard InChI is InChI=1S/C15H12ClF3O/c1-15(20,10-5-11(17)7-12(18)6-10)8-9-2-3-13(16)14(19)4-9/h2-7,20H,8H2,1H3. The summed E-state index contributed by atoms with van der Waals surface area (Å²) in [6, 6.07) is 6.93. The third-order valence-corrected chi connectivity index (χ3v) is 3.32. The Morgan fingerprint density at radius 1 is 1.05 bits per heavy atom. The summed E-state index contributed by atoms with van der Waals surface area (Å²) >= 11 is 5.57. The van der Waals surface area contributed by atoms with E-state index in [2.05, 4.69) is 0 Å². The van der Waals surface area contributed by atoms with E-state index < -0.39 is 23.1 Å². The molecule has 2 aromatic carbocycles. The lowest BCUT2D eigenvalue weighted by molar-refractivity contribution is 0.0568. The first-order valence-electron chi connectivity index (χ1n) is 5.91. The minimum absolute atomic E-state index is 0.00395. The quantitative estimate of drug-likeness (QED) is 0.900. The van der Waals surface area contributed by atoms with E-state index in [1.54, 1.807) is 6.07 Å². The van der Waals surface area contributed by atoms with E-state index in [1.807, 2.05) is 0 Å². The van der Waals surface area contributed by atoms with Gasteiger partial charge in [-0.1, -0.05) is 17.7 Å². The molecular formula is C15H12ClF3O. The average molecular weight is 301 g/mol. The highest BCUT2D eigenvalue weighted by Gasteiger charge is 2.25. The van der Waals surface area contributed by atoms with Crippen LogP contribution in [0.2, 0.25) is 5.02 Å². The molecule has 1 atom stereocenters. The van der Waals surface area contributed by atoms with Crippen molar-refractivity contribution in [3.63, 3.8) is 0 Å². The van der Waals surface area contributed by atoms with Crippen LogP contribution in [0, 0.1) is 17.5 Å². The summed E-state index contributed by atoms with van der Waals surface area (Å²) in [5.41, 5.74) is -0.963. The summed E-state index contributed by atoms with van der Waals surface area (Å²) in [7, 11) is 0. The number of hydrogen-bond acceptors (Lipinski definition) is 1. The topological polar surface area (TPSA) is 20.2 Å². The Morgan fingerprint density at radius 2 is 1.65 bits per heavy atom. The van der Waals surface area contributed by atoms with Crippen molar-refractivity contribution in [3.05, 3.63) is 70.0 Å². The molecule has 2 aromatic rings. The number of halogens is 4. The molecule has 2 rings (SSSR count). The molecule has 0 aromatic heterocycles. The lowest BCUT2D eigenvalue weighted by atomic mass is 9.89. The van der Waals surface area contributed by atoms with Gasteiger partial charge in [-0.05, 0) is 42.3 Å². The van der Waals surface area contributed by atoms with Crippen molar-refractivity contribution >= 4 is 11.6 Å². The van der Waals surface area contributed by atoms with Gasteiger partial charge in [0.25, 0.3) is 0 Å². The zero-order chi connectivity index (χ0) is 14.9. The lowest BCUT2D eigenvalue weighted by Crippen LogP contribution is -2.24. The second kappa shape index (κ2) is 5.46. The van der Waals surface area contributed by atoms with Crippen molar-refractivity contribution in [1.29, 1.82) is 0 Å². The van der Waals surface area contributed by atoms with Crippen LogP contribution in [-0.4, -0.2) is 5.11 Å². The lowest BCUT2D eigenvalue weighted by Gasteiger charge is -2.24. The van der Waals surface area contributed by atoms with Gasteiger partial charge in [0.1, 0.15) is 17.5 Å². The van der Waals surface area contributed by atoms with Crippen LogP contribution in [-0.2, 0) is 12.0 Å². The summed E-state index contributed by atoms with van der Waals surface area (Å²) in [4.78, 5) is 0. The molecule has 0 aliphatic heterocycles. The molecule has 0 saturated heterocycles. The first kappa shape index (κ1) is 14.9. The van der Waals surface area contributed by atoms with Crippen molar-refractivity contribution in [3.8, 4) is 0 Å². The molecule has 0 bridgehead atoms. The van der Waals surface area contributed by atoms with Crippen LogP contribution in [0.15, 0.2) is 36.4 Å². The Morgan fingerprint density at radius 3 is 2.20 bits per heavy atom. The Balaban J connectivity index is 2.32. The maximum Gasteiger partial charge on any atom is 0.142 e. The van der Waals surface area contributed by atoms with Gasteiger partial charge < -0.3 is 5.11 Å². The summed E-state index contributed by atoms with van der Waals surface area (Å²) < 4.78 is 39.7. The Kier molecular flexibility index (Phi) is 4.06.